The Kier molecular flexibility index (Phi) is 5.10. The highest BCUT2D eigenvalue weighted by Crippen LogP contribution is 2.26. The summed E-state index contributed by atoms with van der Waals surface area (Å²) in [5.41, 5.74) is 0.688. The summed E-state index contributed by atoms with van der Waals surface area (Å²) in [6.45, 7) is 1.74. The first kappa shape index (κ1) is 14.6. The molecule has 1 nitrogen and oxygen atoms in total. The minimum absolute atomic E-state index is 0.261. The standard InChI is InChI=1S/C11H12Cl2F3N/c1-7(5-11(14,15)16)17-6-8-3-2-4-9(12)10(8)13/h2-4,7,17H,5-6H2,1H3. The van der Waals surface area contributed by atoms with Crippen LogP contribution in [0.5, 0.6) is 0 Å². The van der Waals surface area contributed by atoms with Crippen LogP contribution in [0.4, 0.5) is 13.2 Å². The lowest BCUT2D eigenvalue weighted by Crippen LogP contribution is -2.30. The van der Waals surface area contributed by atoms with Gasteiger partial charge in [0.25, 0.3) is 0 Å². The molecule has 1 N–H and O–H groups in total. The monoisotopic (exact) mass is 285 g/mol. The minimum Gasteiger partial charge on any atom is -0.310 e. The number of rotatable bonds is 4. The molecule has 0 fully saturated rings. The molecule has 1 atom stereocenters. The van der Waals surface area contributed by atoms with E-state index in [1.54, 1.807) is 18.2 Å². The molecule has 17 heavy (non-hydrogen) atoms. The largest absolute Gasteiger partial charge is 0.390 e. The van der Waals surface area contributed by atoms with Crippen LogP contribution in [0.15, 0.2) is 18.2 Å². The molecule has 1 rings (SSSR count). The zero-order valence-corrected chi connectivity index (χ0v) is 10.6. The van der Waals surface area contributed by atoms with Gasteiger partial charge in [-0.1, -0.05) is 35.3 Å². The van der Waals surface area contributed by atoms with Crippen LogP contribution in [0.2, 0.25) is 10.0 Å². The molecule has 0 radical (unpaired) electrons. The van der Waals surface area contributed by atoms with Crippen LogP contribution in [-0.2, 0) is 6.54 Å². The Bertz CT molecular complexity index is 379. The average Bonchev–Trinajstić information content (AvgIpc) is 2.18. The number of hydrogen-bond acceptors (Lipinski definition) is 1. The molecule has 0 amide bonds. The summed E-state index contributed by atoms with van der Waals surface area (Å²) < 4.78 is 36.3. The fourth-order valence-electron chi connectivity index (χ4n) is 1.39. The van der Waals surface area contributed by atoms with Gasteiger partial charge in [-0.15, -0.1) is 0 Å². The molecule has 0 aliphatic heterocycles. The van der Waals surface area contributed by atoms with Crippen LogP contribution in [0.1, 0.15) is 18.9 Å². The van der Waals surface area contributed by atoms with E-state index in [1.807, 2.05) is 0 Å². The third-order valence-corrected chi connectivity index (χ3v) is 3.07. The topological polar surface area (TPSA) is 12.0 Å². The number of alkyl halides is 3. The normalized spacial score (nSPS) is 13.8. The molecule has 0 saturated carbocycles. The van der Waals surface area contributed by atoms with Crippen LogP contribution in [0, 0.1) is 0 Å². The van der Waals surface area contributed by atoms with E-state index in [-0.39, 0.29) is 6.54 Å². The Morgan fingerprint density at radius 1 is 1.29 bits per heavy atom. The lowest BCUT2D eigenvalue weighted by Gasteiger charge is -2.16. The molecule has 1 unspecified atom stereocenters. The van der Waals surface area contributed by atoms with Crippen molar-refractivity contribution in [3.8, 4) is 0 Å². The molecule has 0 aliphatic rings. The zero-order chi connectivity index (χ0) is 13.1. The summed E-state index contributed by atoms with van der Waals surface area (Å²) in [6.07, 6.45) is -5.03. The fourth-order valence-corrected chi connectivity index (χ4v) is 1.78. The quantitative estimate of drug-likeness (QED) is 0.863. The summed E-state index contributed by atoms with van der Waals surface area (Å²) in [5, 5.41) is 3.53. The number of halogens is 5. The highest BCUT2D eigenvalue weighted by Gasteiger charge is 2.29. The van der Waals surface area contributed by atoms with Crippen molar-refractivity contribution in [3.63, 3.8) is 0 Å². The average molecular weight is 286 g/mol. The van der Waals surface area contributed by atoms with Gasteiger partial charge in [0.2, 0.25) is 0 Å². The van der Waals surface area contributed by atoms with E-state index in [0.29, 0.717) is 15.6 Å². The Balaban J connectivity index is 2.53. The Labute approximate surface area is 108 Å². The summed E-state index contributed by atoms with van der Waals surface area (Å²) in [6, 6.07) is 4.40. The minimum atomic E-state index is -4.16. The van der Waals surface area contributed by atoms with Crippen molar-refractivity contribution in [2.45, 2.75) is 32.1 Å². The number of hydrogen-bond donors (Lipinski definition) is 1. The van der Waals surface area contributed by atoms with Crippen molar-refractivity contribution in [1.82, 2.24) is 5.32 Å². The molecule has 0 spiro atoms. The van der Waals surface area contributed by atoms with Gasteiger partial charge in [0.05, 0.1) is 16.5 Å². The SMILES string of the molecule is CC(CC(F)(F)F)NCc1cccc(Cl)c1Cl. The Morgan fingerprint density at radius 3 is 2.53 bits per heavy atom. The van der Waals surface area contributed by atoms with Gasteiger partial charge in [-0.25, -0.2) is 0 Å². The van der Waals surface area contributed by atoms with Gasteiger partial charge in [0, 0.05) is 12.6 Å². The van der Waals surface area contributed by atoms with Gasteiger partial charge in [0.1, 0.15) is 0 Å². The predicted octanol–water partition coefficient (Wildman–Crippen LogP) is 4.42. The maximum Gasteiger partial charge on any atom is 0.390 e. The first-order valence-corrected chi connectivity index (χ1v) is 5.78. The van der Waals surface area contributed by atoms with Crippen molar-refractivity contribution >= 4 is 23.2 Å². The van der Waals surface area contributed by atoms with Gasteiger partial charge in [0.15, 0.2) is 0 Å². The number of nitrogens with one attached hydrogen (secondary N) is 1. The van der Waals surface area contributed by atoms with Crippen LogP contribution in [-0.4, -0.2) is 12.2 Å². The van der Waals surface area contributed by atoms with Gasteiger partial charge in [-0.05, 0) is 18.6 Å². The van der Waals surface area contributed by atoms with Crippen molar-refractivity contribution in [1.29, 1.82) is 0 Å². The second-order valence-electron chi connectivity index (χ2n) is 3.81. The molecule has 0 heterocycles. The third kappa shape index (κ3) is 5.15. The smallest absolute Gasteiger partial charge is 0.310 e. The van der Waals surface area contributed by atoms with Gasteiger partial charge in [-0.3, -0.25) is 0 Å². The second-order valence-corrected chi connectivity index (χ2v) is 4.60. The van der Waals surface area contributed by atoms with Gasteiger partial charge >= 0.3 is 6.18 Å². The first-order valence-electron chi connectivity index (χ1n) is 5.02. The van der Waals surface area contributed by atoms with E-state index in [2.05, 4.69) is 5.32 Å². The molecule has 0 saturated heterocycles. The van der Waals surface area contributed by atoms with Crippen molar-refractivity contribution in [3.05, 3.63) is 33.8 Å². The van der Waals surface area contributed by atoms with E-state index in [9.17, 15) is 13.2 Å². The van der Waals surface area contributed by atoms with Crippen molar-refractivity contribution in [2.24, 2.45) is 0 Å². The zero-order valence-electron chi connectivity index (χ0n) is 9.11. The van der Waals surface area contributed by atoms with Crippen LogP contribution >= 0.6 is 23.2 Å². The molecule has 0 aliphatic carbocycles. The molecule has 6 heteroatoms. The summed E-state index contributed by atoms with van der Waals surface area (Å²) in [5.74, 6) is 0. The fraction of sp³-hybridized carbons (Fsp3) is 0.455. The van der Waals surface area contributed by atoms with Gasteiger partial charge in [-0.2, -0.15) is 13.2 Å². The van der Waals surface area contributed by atoms with E-state index >= 15 is 0 Å². The van der Waals surface area contributed by atoms with Crippen LogP contribution < -0.4 is 5.32 Å². The van der Waals surface area contributed by atoms with E-state index < -0.39 is 18.6 Å². The predicted molar refractivity (Wildman–Crippen MR) is 63.4 cm³/mol. The highest BCUT2D eigenvalue weighted by atomic mass is 35.5. The molecule has 96 valence electrons. The molecule has 1 aromatic carbocycles. The lowest BCUT2D eigenvalue weighted by atomic mass is 10.2. The summed E-state index contributed by atoms with van der Waals surface area (Å²) in [7, 11) is 0. The van der Waals surface area contributed by atoms with Gasteiger partial charge < -0.3 is 5.32 Å². The van der Waals surface area contributed by atoms with E-state index in [0.717, 1.165) is 0 Å². The highest BCUT2D eigenvalue weighted by molar-refractivity contribution is 6.42. The van der Waals surface area contributed by atoms with Crippen molar-refractivity contribution in [2.75, 3.05) is 0 Å². The second kappa shape index (κ2) is 5.94. The van der Waals surface area contributed by atoms with Crippen LogP contribution in [0.25, 0.3) is 0 Å². The molecule has 0 aromatic heterocycles. The molecule has 0 bridgehead atoms. The molecular formula is C11H12Cl2F3N. The Morgan fingerprint density at radius 2 is 1.94 bits per heavy atom. The maximum absolute atomic E-state index is 12.1. The Hall–Kier alpha value is -0.450. The third-order valence-electron chi connectivity index (χ3n) is 2.21. The molecular weight excluding hydrogens is 274 g/mol. The lowest BCUT2D eigenvalue weighted by molar-refractivity contribution is -0.139. The first-order chi connectivity index (χ1) is 7.79. The number of benzene rings is 1. The van der Waals surface area contributed by atoms with Crippen molar-refractivity contribution < 1.29 is 13.2 Å². The van der Waals surface area contributed by atoms with E-state index in [1.165, 1.54) is 6.92 Å². The summed E-state index contributed by atoms with van der Waals surface area (Å²) in [4.78, 5) is 0. The summed E-state index contributed by atoms with van der Waals surface area (Å²) >= 11 is 11.7. The van der Waals surface area contributed by atoms with E-state index in [4.69, 9.17) is 23.2 Å². The molecule has 1 aromatic rings. The maximum atomic E-state index is 12.1. The van der Waals surface area contributed by atoms with Crippen LogP contribution in [0.3, 0.4) is 0 Å².